The molecular formula is C15H18N4O2. The first-order valence-corrected chi connectivity index (χ1v) is 7.02. The van der Waals surface area contributed by atoms with Gasteiger partial charge in [-0.3, -0.25) is 9.48 Å². The van der Waals surface area contributed by atoms with Crippen molar-refractivity contribution in [3.05, 3.63) is 35.2 Å². The van der Waals surface area contributed by atoms with E-state index in [9.17, 15) is 4.79 Å². The Hall–Kier alpha value is -2.37. The summed E-state index contributed by atoms with van der Waals surface area (Å²) in [5.74, 6) is 1.10. The van der Waals surface area contributed by atoms with Crippen LogP contribution < -0.4 is 10.1 Å². The van der Waals surface area contributed by atoms with Gasteiger partial charge in [-0.05, 0) is 19.9 Å². The molecule has 6 heteroatoms. The number of rotatable bonds is 3. The zero-order chi connectivity index (χ0) is 15.0. The Kier molecular flexibility index (Phi) is 3.37. The van der Waals surface area contributed by atoms with Gasteiger partial charge < -0.3 is 10.1 Å². The average Bonchev–Trinajstić information content (AvgIpc) is 2.82. The number of aryl methyl sites for hydroxylation is 1. The van der Waals surface area contributed by atoms with Crippen LogP contribution in [-0.2, 0) is 11.3 Å². The molecule has 0 aliphatic carbocycles. The molecule has 1 amide bonds. The largest absolute Gasteiger partial charge is 0.481 e. The second-order valence-corrected chi connectivity index (χ2v) is 5.07. The third-order valence-electron chi connectivity index (χ3n) is 3.86. The number of carbonyl (C=O) groups excluding carboxylic acids is 1. The molecule has 0 fully saturated rings. The number of nitrogens with one attached hydrogen (secondary N) is 1. The Bertz CT molecular complexity index is 693. The maximum Gasteiger partial charge on any atom is 0.226 e. The molecule has 1 aliphatic heterocycles. The van der Waals surface area contributed by atoms with Crippen molar-refractivity contribution in [2.24, 2.45) is 0 Å². The number of fused-ring (bicyclic) bond motifs is 1. The minimum absolute atomic E-state index is 0.0297. The van der Waals surface area contributed by atoms with Crippen LogP contribution in [0.1, 0.15) is 36.2 Å². The van der Waals surface area contributed by atoms with Crippen LogP contribution in [0.2, 0.25) is 0 Å². The molecule has 1 N–H and O–H groups in total. The normalized spacial score (nSPS) is 17.3. The van der Waals surface area contributed by atoms with Crippen LogP contribution in [0.4, 0.5) is 5.82 Å². The van der Waals surface area contributed by atoms with Crippen molar-refractivity contribution in [1.29, 1.82) is 0 Å². The van der Waals surface area contributed by atoms with E-state index in [0.29, 0.717) is 18.1 Å². The van der Waals surface area contributed by atoms with Crippen LogP contribution >= 0.6 is 0 Å². The zero-order valence-electron chi connectivity index (χ0n) is 12.4. The van der Waals surface area contributed by atoms with Gasteiger partial charge in [0, 0.05) is 36.2 Å². The quantitative estimate of drug-likeness (QED) is 0.938. The van der Waals surface area contributed by atoms with Gasteiger partial charge in [0.2, 0.25) is 11.8 Å². The van der Waals surface area contributed by atoms with Gasteiger partial charge in [-0.1, -0.05) is 6.07 Å². The second kappa shape index (κ2) is 5.20. The summed E-state index contributed by atoms with van der Waals surface area (Å²) >= 11 is 0. The molecule has 0 radical (unpaired) electrons. The van der Waals surface area contributed by atoms with E-state index in [1.165, 1.54) is 0 Å². The van der Waals surface area contributed by atoms with Crippen LogP contribution in [0, 0.1) is 6.92 Å². The number of carbonyl (C=O) groups is 1. The van der Waals surface area contributed by atoms with Gasteiger partial charge in [-0.25, -0.2) is 4.98 Å². The summed E-state index contributed by atoms with van der Waals surface area (Å²) in [6, 6.07) is 5.63. The number of hydrogen-bond donors (Lipinski definition) is 1. The van der Waals surface area contributed by atoms with E-state index in [2.05, 4.69) is 15.4 Å². The van der Waals surface area contributed by atoms with E-state index in [1.54, 1.807) is 13.2 Å². The number of nitrogens with zero attached hydrogens (tertiary/aromatic N) is 3. The van der Waals surface area contributed by atoms with Gasteiger partial charge in [0.1, 0.15) is 0 Å². The fourth-order valence-electron chi connectivity index (χ4n) is 2.84. The molecule has 1 unspecified atom stereocenters. The van der Waals surface area contributed by atoms with Crippen molar-refractivity contribution >= 4 is 11.7 Å². The Morgan fingerprint density at radius 3 is 3.00 bits per heavy atom. The van der Waals surface area contributed by atoms with E-state index in [0.717, 1.165) is 23.5 Å². The number of pyridine rings is 1. The Labute approximate surface area is 123 Å². The summed E-state index contributed by atoms with van der Waals surface area (Å²) in [7, 11) is 1.59. The lowest BCUT2D eigenvalue weighted by Gasteiger charge is -2.22. The van der Waals surface area contributed by atoms with Crippen molar-refractivity contribution in [2.75, 3.05) is 12.4 Å². The summed E-state index contributed by atoms with van der Waals surface area (Å²) in [4.78, 5) is 16.4. The average molecular weight is 286 g/mol. The molecule has 0 saturated heterocycles. The molecule has 3 rings (SSSR count). The molecule has 1 atom stereocenters. The standard InChI is InChI=1S/C15H18N4O2/c1-4-19-9(2)14-10(8-12(20)17-15(14)18-19)11-6-5-7-13(16-11)21-3/h5-7,10H,4,8H2,1-3H3,(H,17,18,20). The van der Waals surface area contributed by atoms with Gasteiger partial charge in [0.15, 0.2) is 5.82 Å². The summed E-state index contributed by atoms with van der Waals surface area (Å²) in [5, 5.41) is 7.32. The van der Waals surface area contributed by atoms with Crippen LogP contribution in [0.25, 0.3) is 0 Å². The van der Waals surface area contributed by atoms with Gasteiger partial charge in [-0.15, -0.1) is 0 Å². The smallest absolute Gasteiger partial charge is 0.226 e. The number of methoxy groups -OCH3 is 1. The molecule has 0 saturated carbocycles. The van der Waals surface area contributed by atoms with Gasteiger partial charge >= 0.3 is 0 Å². The Morgan fingerprint density at radius 2 is 2.29 bits per heavy atom. The van der Waals surface area contributed by atoms with Crippen molar-refractivity contribution in [1.82, 2.24) is 14.8 Å². The molecular weight excluding hydrogens is 268 g/mol. The monoisotopic (exact) mass is 286 g/mol. The van der Waals surface area contributed by atoms with Crippen molar-refractivity contribution in [3.63, 3.8) is 0 Å². The predicted molar refractivity (Wildman–Crippen MR) is 78.5 cm³/mol. The summed E-state index contributed by atoms with van der Waals surface area (Å²) in [6.07, 6.45) is 0.378. The van der Waals surface area contributed by atoms with Crippen LogP contribution in [0.5, 0.6) is 5.88 Å². The maximum atomic E-state index is 12.0. The fourth-order valence-corrected chi connectivity index (χ4v) is 2.84. The fraction of sp³-hybridized carbons (Fsp3) is 0.400. The van der Waals surface area contributed by atoms with E-state index in [4.69, 9.17) is 4.74 Å². The molecule has 0 bridgehead atoms. The molecule has 0 spiro atoms. The van der Waals surface area contributed by atoms with E-state index in [-0.39, 0.29) is 11.8 Å². The molecule has 2 aromatic heterocycles. The van der Waals surface area contributed by atoms with Crippen LogP contribution in [0.15, 0.2) is 18.2 Å². The number of anilines is 1. The summed E-state index contributed by atoms with van der Waals surface area (Å²) in [5.41, 5.74) is 2.96. The summed E-state index contributed by atoms with van der Waals surface area (Å²) < 4.78 is 7.09. The van der Waals surface area contributed by atoms with Gasteiger partial charge in [0.25, 0.3) is 0 Å². The predicted octanol–water partition coefficient (Wildman–Crippen LogP) is 2.09. The third-order valence-corrected chi connectivity index (χ3v) is 3.86. The lowest BCUT2D eigenvalue weighted by Crippen LogP contribution is -2.24. The molecule has 2 aromatic rings. The highest BCUT2D eigenvalue weighted by Gasteiger charge is 2.32. The van der Waals surface area contributed by atoms with Crippen molar-refractivity contribution in [3.8, 4) is 5.88 Å². The zero-order valence-corrected chi connectivity index (χ0v) is 12.4. The first kappa shape index (κ1) is 13.6. The molecule has 21 heavy (non-hydrogen) atoms. The lowest BCUT2D eigenvalue weighted by atomic mass is 9.89. The highest BCUT2D eigenvalue weighted by atomic mass is 16.5. The molecule has 6 nitrogen and oxygen atoms in total. The van der Waals surface area contributed by atoms with Gasteiger partial charge in [-0.2, -0.15) is 5.10 Å². The molecule has 1 aliphatic rings. The van der Waals surface area contributed by atoms with E-state index < -0.39 is 0 Å². The highest BCUT2D eigenvalue weighted by molar-refractivity contribution is 5.94. The van der Waals surface area contributed by atoms with Crippen molar-refractivity contribution in [2.45, 2.75) is 32.7 Å². The number of hydrogen-bond acceptors (Lipinski definition) is 4. The lowest BCUT2D eigenvalue weighted by molar-refractivity contribution is -0.116. The SMILES string of the molecule is CCn1nc2c(c1C)C(c1cccc(OC)n1)CC(=O)N2. The minimum Gasteiger partial charge on any atom is -0.481 e. The number of aromatic nitrogens is 3. The second-order valence-electron chi connectivity index (χ2n) is 5.07. The van der Waals surface area contributed by atoms with Gasteiger partial charge in [0.05, 0.1) is 12.8 Å². The molecule has 110 valence electrons. The highest BCUT2D eigenvalue weighted by Crippen LogP contribution is 2.38. The van der Waals surface area contributed by atoms with E-state index >= 15 is 0 Å². The van der Waals surface area contributed by atoms with Crippen LogP contribution in [-0.4, -0.2) is 27.8 Å². The third kappa shape index (κ3) is 2.26. The first-order valence-electron chi connectivity index (χ1n) is 7.02. The Balaban J connectivity index is 2.11. The van der Waals surface area contributed by atoms with Crippen LogP contribution in [0.3, 0.4) is 0 Å². The number of amides is 1. The van der Waals surface area contributed by atoms with E-state index in [1.807, 2.05) is 30.7 Å². The number of ether oxygens (including phenoxy) is 1. The Morgan fingerprint density at radius 1 is 1.48 bits per heavy atom. The molecule has 3 heterocycles. The minimum atomic E-state index is -0.0795. The maximum absolute atomic E-state index is 12.0. The molecule has 0 aromatic carbocycles. The topological polar surface area (TPSA) is 69.0 Å². The summed E-state index contributed by atoms with van der Waals surface area (Å²) in [6.45, 7) is 4.83. The first-order chi connectivity index (χ1) is 10.1. The van der Waals surface area contributed by atoms with Crippen molar-refractivity contribution < 1.29 is 9.53 Å².